The summed E-state index contributed by atoms with van der Waals surface area (Å²) in [5.41, 5.74) is 4.40. The molecule has 0 spiro atoms. The largest absolute Gasteiger partial charge is 0.417 e. The van der Waals surface area contributed by atoms with Crippen molar-refractivity contribution < 1.29 is 26.3 Å². The van der Waals surface area contributed by atoms with E-state index < -0.39 is 26.3 Å². The van der Waals surface area contributed by atoms with Gasteiger partial charge in [0.1, 0.15) is 10.6 Å². The summed E-state index contributed by atoms with van der Waals surface area (Å²) in [4.78, 5) is 14.4. The summed E-state index contributed by atoms with van der Waals surface area (Å²) in [7, 11) is -3.52. The van der Waals surface area contributed by atoms with E-state index in [1.54, 1.807) is 11.8 Å². The van der Waals surface area contributed by atoms with Gasteiger partial charge in [-0.2, -0.15) is 13.2 Å². The summed E-state index contributed by atoms with van der Waals surface area (Å²) < 4.78 is 70.8. The van der Waals surface area contributed by atoms with E-state index in [0.29, 0.717) is 39.1 Å². The number of nitrogen functional groups attached to an aromatic ring is 1. The van der Waals surface area contributed by atoms with E-state index in [1.165, 1.54) is 6.07 Å². The minimum atomic E-state index is -4.69. The number of nitrogens with zero attached hydrogens (tertiary/aromatic N) is 4. The predicted octanol–water partition coefficient (Wildman–Crippen LogP) is 2.40. The van der Waals surface area contributed by atoms with E-state index in [1.807, 2.05) is 0 Å². The molecule has 8 nitrogen and oxygen atoms in total. The van der Waals surface area contributed by atoms with E-state index in [2.05, 4.69) is 15.0 Å². The normalized spacial score (nSPS) is 18.8. The molecule has 1 saturated heterocycles. The Kier molecular flexibility index (Phi) is 5.32. The lowest BCUT2D eigenvalue weighted by atomic mass is 10.0. The molecule has 0 aromatic carbocycles. The zero-order chi connectivity index (χ0) is 22.4. The number of morpholine rings is 1. The smallest absolute Gasteiger partial charge is 0.384 e. The van der Waals surface area contributed by atoms with Gasteiger partial charge in [0.2, 0.25) is 5.95 Å². The molecule has 1 aliphatic carbocycles. The van der Waals surface area contributed by atoms with Gasteiger partial charge < -0.3 is 15.4 Å². The maximum atomic E-state index is 13.7. The van der Waals surface area contributed by atoms with Gasteiger partial charge in [-0.25, -0.2) is 23.4 Å². The molecular weight excluding hydrogens is 435 g/mol. The van der Waals surface area contributed by atoms with Crippen LogP contribution in [0.3, 0.4) is 0 Å². The highest BCUT2D eigenvalue weighted by atomic mass is 32.2. The summed E-state index contributed by atoms with van der Waals surface area (Å²) in [6.45, 7) is 3.27. The Morgan fingerprint density at radius 3 is 2.45 bits per heavy atom. The highest BCUT2D eigenvalue weighted by Crippen LogP contribution is 2.53. The molecule has 2 aliphatic rings. The van der Waals surface area contributed by atoms with Gasteiger partial charge in [0.15, 0.2) is 9.84 Å². The maximum absolute atomic E-state index is 13.7. The Labute approximate surface area is 177 Å². The topological polar surface area (TPSA) is 111 Å². The molecule has 31 heavy (non-hydrogen) atoms. The van der Waals surface area contributed by atoms with Crippen molar-refractivity contribution in [3.63, 3.8) is 0 Å². The van der Waals surface area contributed by atoms with E-state index in [0.717, 1.165) is 12.3 Å². The number of alkyl halides is 3. The van der Waals surface area contributed by atoms with Crippen molar-refractivity contribution >= 4 is 21.6 Å². The van der Waals surface area contributed by atoms with Crippen molar-refractivity contribution in [1.29, 1.82) is 0 Å². The molecule has 0 unspecified atom stereocenters. The van der Waals surface area contributed by atoms with Crippen LogP contribution in [0.2, 0.25) is 0 Å². The number of rotatable bonds is 5. The third-order valence-electron chi connectivity index (χ3n) is 5.66. The standard InChI is InChI=1S/C19H22F3N5O3S/c1-2-31(28,29)18(3-4-18)15-10-14(25-17(26-15)27-5-7-30-8-6-27)12-11-24-16(23)9-13(12)19(20,21)22/h9-11H,2-8H2,1H3,(H2,23,24). The SMILES string of the molecule is CCS(=O)(=O)C1(c2cc(-c3cnc(N)cc3C(F)(F)F)nc(N3CCOCC3)n2)CC1. The second-order valence-electron chi connectivity index (χ2n) is 7.59. The van der Waals surface area contributed by atoms with Crippen molar-refractivity contribution in [2.24, 2.45) is 0 Å². The summed E-state index contributed by atoms with van der Waals surface area (Å²) in [6, 6.07) is 2.09. The number of hydrogen-bond donors (Lipinski definition) is 1. The first-order valence-electron chi connectivity index (χ1n) is 9.85. The number of anilines is 2. The quantitative estimate of drug-likeness (QED) is 0.729. The van der Waals surface area contributed by atoms with Crippen LogP contribution in [0.4, 0.5) is 24.9 Å². The number of aromatic nitrogens is 3. The summed E-state index contributed by atoms with van der Waals surface area (Å²) in [5.74, 6) is -0.180. The van der Waals surface area contributed by atoms with Crippen molar-refractivity contribution in [2.45, 2.75) is 30.7 Å². The van der Waals surface area contributed by atoms with E-state index in [4.69, 9.17) is 10.5 Å². The zero-order valence-corrected chi connectivity index (χ0v) is 17.6. The molecule has 2 N–H and O–H groups in total. The number of halogens is 3. The Bertz CT molecular complexity index is 1100. The van der Waals surface area contributed by atoms with Crippen LogP contribution in [0.5, 0.6) is 0 Å². The van der Waals surface area contributed by atoms with Gasteiger partial charge in [0.05, 0.1) is 30.2 Å². The summed E-state index contributed by atoms with van der Waals surface area (Å²) in [5, 5.41) is 0. The lowest BCUT2D eigenvalue weighted by molar-refractivity contribution is -0.137. The molecule has 168 valence electrons. The van der Waals surface area contributed by atoms with Crippen molar-refractivity contribution in [1.82, 2.24) is 15.0 Å². The molecule has 2 aromatic rings. The number of pyridine rings is 1. The third kappa shape index (κ3) is 3.93. The molecule has 2 aromatic heterocycles. The molecule has 12 heteroatoms. The monoisotopic (exact) mass is 457 g/mol. The molecular formula is C19H22F3N5O3S. The predicted molar refractivity (Wildman–Crippen MR) is 108 cm³/mol. The van der Waals surface area contributed by atoms with Gasteiger partial charge in [-0.1, -0.05) is 6.92 Å². The first-order chi connectivity index (χ1) is 14.6. The van der Waals surface area contributed by atoms with Crippen LogP contribution in [0.15, 0.2) is 18.3 Å². The molecule has 3 heterocycles. The fraction of sp³-hybridized carbons (Fsp3) is 0.526. The number of ether oxygens (including phenoxy) is 1. The molecule has 4 rings (SSSR count). The number of nitrogens with two attached hydrogens (primary N) is 1. The first kappa shape index (κ1) is 21.8. The van der Waals surface area contributed by atoms with Gasteiger partial charge in [0, 0.05) is 30.6 Å². The Hall–Kier alpha value is -2.47. The van der Waals surface area contributed by atoms with Crippen molar-refractivity contribution in [3.8, 4) is 11.3 Å². The highest BCUT2D eigenvalue weighted by molar-refractivity contribution is 7.92. The lowest BCUT2D eigenvalue weighted by Crippen LogP contribution is -2.38. The van der Waals surface area contributed by atoms with Crippen LogP contribution >= 0.6 is 0 Å². The molecule has 0 bridgehead atoms. The molecule has 0 atom stereocenters. The third-order valence-corrected chi connectivity index (χ3v) is 8.23. The van der Waals surface area contributed by atoms with Crippen LogP contribution in [-0.2, 0) is 25.5 Å². The molecule has 0 amide bonds. The molecule has 0 radical (unpaired) electrons. The van der Waals surface area contributed by atoms with Crippen molar-refractivity contribution in [3.05, 3.63) is 29.6 Å². The summed E-state index contributed by atoms with van der Waals surface area (Å²) in [6.07, 6.45) is -2.94. The van der Waals surface area contributed by atoms with E-state index >= 15 is 0 Å². The molecule has 1 saturated carbocycles. The number of sulfone groups is 1. The van der Waals surface area contributed by atoms with E-state index in [9.17, 15) is 21.6 Å². The average Bonchev–Trinajstić information content (AvgIpc) is 3.56. The maximum Gasteiger partial charge on any atom is 0.417 e. The first-order valence-corrected chi connectivity index (χ1v) is 11.5. The van der Waals surface area contributed by atoms with Crippen LogP contribution in [-0.4, -0.2) is 55.4 Å². The zero-order valence-electron chi connectivity index (χ0n) is 16.8. The Balaban J connectivity index is 1.92. The van der Waals surface area contributed by atoms with Gasteiger partial charge in [-0.3, -0.25) is 0 Å². The van der Waals surface area contributed by atoms with Crippen LogP contribution in [0.25, 0.3) is 11.3 Å². The molecule has 1 aliphatic heterocycles. The second kappa shape index (κ2) is 7.59. The minimum Gasteiger partial charge on any atom is -0.384 e. The second-order valence-corrected chi connectivity index (χ2v) is 10.2. The Morgan fingerprint density at radius 1 is 1.19 bits per heavy atom. The lowest BCUT2D eigenvalue weighted by Gasteiger charge is -2.28. The van der Waals surface area contributed by atoms with Gasteiger partial charge >= 0.3 is 6.18 Å². The fourth-order valence-corrected chi connectivity index (χ4v) is 5.44. The number of hydrogen-bond acceptors (Lipinski definition) is 8. The fourth-order valence-electron chi connectivity index (χ4n) is 3.74. The van der Waals surface area contributed by atoms with Gasteiger partial charge in [0.25, 0.3) is 0 Å². The van der Waals surface area contributed by atoms with E-state index in [-0.39, 0.29) is 34.5 Å². The van der Waals surface area contributed by atoms with Gasteiger partial charge in [-0.05, 0) is 25.0 Å². The highest BCUT2D eigenvalue weighted by Gasteiger charge is 2.56. The van der Waals surface area contributed by atoms with Crippen molar-refractivity contribution in [2.75, 3.05) is 42.7 Å². The van der Waals surface area contributed by atoms with Crippen LogP contribution < -0.4 is 10.6 Å². The average molecular weight is 457 g/mol. The van der Waals surface area contributed by atoms with Crippen LogP contribution in [0, 0.1) is 0 Å². The van der Waals surface area contributed by atoms with Gasteiger partial charge in [-0.15, -0.1) is 0 Å². The Morgan fingerprint density at radius 2 is 1.87 bits per heavy atom. The van der Waals surface area contributed by atoms with Crippen LogP contribution in [0.1, 0.15) is 31.0 Å². The minimum absolute atomic E-state index is 0.0381. The molecule has 2 fully saturated rings. The summed E-state index contributed by atoms with van der Waals surface area (Å²) >= 11 is 0.